The predicted molar refractivity (Wildman–Crippen MR) is 56.5 cm³/mol. The van der Waals surface area contributed by atoms with Gasteiger partial charge in [-0.2, -0.15) is 0 Å². The zero-order chi connectivity index (χ0) is 11.1. The Kier molecular flexibility index (Phi) is 5.28. The van der Waals surface area contributed by atoms with Gasteiger partial charge in [-0.3, -0.25) is 4.68 Å². The molecule has 0 aliphatic carbocycles. The minimum atomic E-state index is 0.0695. The third kappa shape index (κ3) is 4.90. The van der Waals surface area contributed by atoms with Crippen molar-refractivity contribution in [1.82, 2.24) is 15.0 Å². The first kappa shape index (κ1) is 12.1. The van der Waals surface area contributed by atoms with E-state index < -0.39 is 0 Å². The summed E-state index contributed by atoms with van der Waals surface area (Å²) in [6.07, 6.45) is 2.69. The summed E-state index contributed by atoms with van der Waals surface area (Å²) in [4.78, 5) is 0. The molecule has 0 saturated heterocycles. The number of ether oxygens (including phenoxy) is 1. The summed E-state index contributed by atoms with van der Waals surface area (Å²) in [6, 6.07) is 0. The second-order valence-corrected chi connectivity index (χ2v) is 3.91. The van der Waals surface area contributed by atoms with Crippen molar-refractivity contribution in [3.05, 3.63) is 11.9 Å². The molecule has 0 radical (unpaired) electrons. The largest absolute Gasteiger partial charge is 0.394 e. The lowest BCUT2D eigenvalue weighted by atomic mass is 10.2. The zero-order valence-electron chi connectivity index (χ0n) is 9.39. The van der Waals surface area contributed by atoms with Gasteiger partial charge < -0.3 is 9.84 Å². The summed E-state index contributed by atoms with van der Waals surface area (Å²) in [5.41, 5.74) is 0.939. The third-order valence-corrected chi connectivity index (χ3v) is 1.88. The summed E-state index contributed by atoms with van der Waals surface area (Å²) >= 11 is 0. The molecule has 5 heteroatoms. The van der Waals surface area contributed by atoms with Gasteiger partial charge in [0.15, 0.2) is 0 Å². The molecule has 1 N–H and O–H groups in total. The van der Waals surface area contributed by atoms with Gasteiger partial charge in [-0.1, -0.05) is 19.1 Å². The standard InChI is InChI=1S/C10H19N3O2/c1-9(2)7-13-8-10(11-12-13)3-5-15-6-4-14/h8-9,14H,3-7H2,1-2H3. The molecule has 15 heavy (non-hydrogen) atoms. The van der Waals surface area contributed by atoms with Gasteiger partial charge in [0.1, 0.15) is 0 Å². The van der Waals surface area contributed by atoms with Gasteiger partial charge in [-0.15, -0.1) is 5.10 Å². The number of rotatable bonds is 7. The summed E-state index contributed by atoms with van der Waals surface area (Å²) in [5.74, 6) is 0.574. The predicted octanol–water partition coefficient (Wildman–Crippen LogP) is 0.485. The lowest BCUT2D eigenvalue weighted by molar-refractivity contribution is 0.0940. The summed E-state index contributed by atoms with van der Waals surface area (Å²) in [5, 5.41) is 16.6. The van der Waals surface area contributed by atoms with Crippen molar-refractivity contribution in [3.8, 4) is 0 Å². The van der Waals surface area contributed by atoms with E-state index in [0.717, 1.165) is 18.7 Å². The number of hydrogen-bond acceptors (Lipinski definition) is 4. The Hall–Kier alpha value is -0.940. The maximum atomic E-state index is 8.51. The first-order chi connectivity index (χ1) is 7.22. The Balaban J connectivity index is 2.26. The highest BCUT2D eigenvalue weighted by Gasteiger charge is 2.02. The van der Waals surface area contributed by atoms with Gasteiger partial charge in [0.25, 0.3) is 0 Å². The third-order valence-electron chi connectivity index (χ3n) is 1.88. The Morgan fingerprint density at radius 2 is 2.27 bits per heavy atom. The molecule has 0 spiro atoms. The van der Waals surface area contributed by atoms with Crippen molar-refractivity contribution < 1.29 is 9.84 Å². The van der Waals surface area contributed by atoms with Crippen molar-refractivity contribution in [2.75, 3.05) is 19.8 Å². The highest BCUT2D eigenvalue weighted by atomic mass is 16.5. The number of aliphatic hydroxyl groups is 1. The molecule has 0 saturated carbocycles. The van der Waals surface area contributed by atoms with Crippen LogP contribution >= 0.6 is 0 Å². The van der Waals surface area contributed by atoms with Crippen LogP contribution < -0.4 is 0 Å². The molecule has 0 unspecified atom stereocenters. The lowest BCUT2D eigenvalue weighted by Gasteiger charge is -2.02. The smallest absolute Gasteiger partial charge is 0.0850 e. The molecule has 0 amide bonds. The first-order valence-electron chi connectivity index (χ1n) is 5.30. The van der Waals surface area contributed by atoms with E-state index in [9.17, 15) is 0 Å². The normalized spacial score (nSPS) is 11.2. The van der Waals surface area contributed by atoms with Crippen LogP contribution in [0.3, 0.4) is 0 Å². The van der Waals surface area contributed by atoms with Crippen LogP contribution in [0.25, 0.3) is 0 Å². The number of aliphatic hydroxyl groups excluding tert-OH is 1. The minimum Gasteiger partial charge on any atom is -0.394 e. The van der Waals surface area contributed by atoms with Crippen LogP contribution in [-0.4, -0.2) is 39.9 Å². The molecule has 1 aromatic heterocycles. The summed E-state index contributed by atoms with van der Waals surface area (Å²) < 4.78 is 7.00. The van der Waals surface area contributed by atoms with Crippen molar-refractivity contribution >= 4 is 0 Å². The average Bonchev–Trinajstić information content (AvgIpc) is 2.59. The summed E-state index contributed by atoms with van der Waals surface area (Å²) in [6.45, 7) is 6.23. The van der Waals surface area contributed by atoms with Gasteiger partial charge in [-0.25, -0.2) is 0 Å². The maximum Gasteiger partial charge on any atom is 0.0850 e. The molecule has 1 heterocycles. The fourth-order valence-corrected chi connectivity index (χ4v) is 1.26. The van der Waals surface area contributed by atoms with Gasteiger partial charge >= 0.3 is 0 Å². The average molecular weight is 213 g/mol. The van der Waals surface area contributed by atoms with Gasteiger partial charge in [0.2, 0.25) is 0 Å². The van der Waals surface area contributed by atoms with E-state index in [1.807, 2.05) is 10.9 Å². The fourth-order valence-electron chi connectivity index (χ4n) is 1.26. The Morgan fingerprint density at radius 1 is 1.47 bits per heavy atom. The van der Waals surface area contributed by atoms with Crippen molar-refractivity contribution in [2.45, 2.75) is 26.8 Å². The molecule has 0 bridgehead atoms. The SMILES string of the molecule is CC(C)Cn1cc(CCOCCO)nn1. The molecule has 0 aliphatic rings. The maximum absolute atomic E-state index is 8.51. The topological polar surface area (TPSA) is 60.2 Å². The van der Waals surface area contributed by atoms with Crippen molar-refractivity contribution in [1.29, 1.82) is 0 Å². The lowest BCUT2D eigenvalue weighted by Crippen LogP contribution is -2.05. The van der Waals surface area contributed by atoms with E-state index in [2.05, 4.69) is 24.2 Å². The molecule has 1 rings (SSSR count). The van der Waals surface area contributed by atoms with Crippen molar-refractivity contribution in [3.63, 3.8) is 0 Å². The molecule has 1 aromatic rings. The molecule has 0 aliphatic heterocycles. The van der Waals surface area contributed by atoms with E-state index in [4.69, 9.17) is 9.84 Å². The number of aromatic nitrogens is 3. The van der Waals surface area contributed by atoms with E-state index in [1.54, 1.807) is 0 Å². The Labute approximate surface area is 90.1 Å². The van der Waals surface area contributed by atoms with Crippen LogP contribution in [0, 0.1) is 5.92 Å². The minimum absolute atomic E-state index is 0.0695. The van der Waals surface area contributed by atoms with Crippen LogP contribution in [0.15, 0.2) is 6.20 Å². The second kappa shape index (κ2) is 6.53. The van der Waals surface area contributed by atoms with Crippen LogP contribution in [-0.2, 0) is 17.7 Å². The molecule has 86 valence electrons. The van der Waals surface area contributed by atoms with Crippen molar-refractivity contribution in [2.24, 2.45) is 5.92 Å². The van der Waals surface area contributed by atoms with Crippen LogP contribution in [0.1, 0.15) is 19.5 Å². The van der Waals surface area contributed by atoms with Crippen LogP contribution in [0.5, 0.6) is 0 Å². The van der Waals surface area contributed by atoms with E-state index in [0.29, 0.717) is 19.1 Å². The molecular weight excluding hydrogens is 194 g/mol. The molecule has 5 nitrogen and oxygen atoms in total. The monoisotopic (exact) mass is 213 g/mol. The van der Waals surface area contributed by atoms with Crippen LogP contribution in [0.2, 0.25) is 0 Å². The van der Waals surface area contributed by atoms with Gasteiger partial charge in [-0.05, 0) is 5.92 Å². The quantitative estimate of drug-likeness (QED) is 0.669. The first-order valence-corrected chi connectivity index (χ1v) is 5.30. The number of hydrogen-bond donors (Lipinski definition) is 1. The molecule has 0 fully saturated rings. The highest BCUT2D eigenvalue weighted by Crippen LogP contribution is 2.00. The Bertz CT molecular complexity index is 273. The van der Waals surface area contributed by atoms with Gasteiger partial charge in [0.05, 0.1) is 25.5 Å². The highest BCUT2D eigenvalue weighted by molar-refractivity contribution is 4.92. The van der Waals surface area contributed by atoms with Gasteiger partial charge in [0, 0.05) is 19.2 Å². The fraction of sp³-hybridized carbons (Fsp3) is 0.800. The molecule has 0 aromatic carbocycles. The van der Waals surface area contributed by atoms with Crippen LogP contribution in [0.4, 0.5) is 0 Å². The van der Waals surface area contributed by atoms with E-state index in [-0.39, 0.29) is 6.61 Å². The zero-order valence-corrected chi connectivity index (χ0v) is 9.39. The second-order valence-electron chi connectivity index (χ2n) is 3.91. The van der Waals surface area contributed by atoms with E-state index >= 15 is 0 Å². The number of nitrogens with zero attached hydrogens (tertiary/aromatic N) is 3. The molecular formula is C10H19N3O2. The molecule has 0 atom stereocenters. The van der Waals surface area contributed by atoms with E-state index in [1.165, 1.54) is 0 Å². The Morgan fingerprint density at radius 3 is 2.93 bits per heavy atom. The summed E-state index contributed by atoms with van der Waals surface area (Å²) in [7, 11) is 0.